The van der Waals surface area contributed by atoms with E-state index in [0.29, 0.717) is 19.5 Å². The van der Waals surface area contributed by atoms with Gasteiger partial charge in [-0.25, -0.2) is 4.39 Å². The molecule has 0 spiro atoms. The molecular weight excluding hydrogens is 303 g/mol. The van der Waals surface area contributed by atoms with Gasteiger partial charge >= 0.3 is 0 Å². The Labute approximate surface area is 142 Å². The Hall–Kier alpha value is -2.20. The first-order valence-electron chi connectivity index (χ1n) is 8.36. The fourth-order valence-corrected chi connectivity index (χ4v) is 3.27. The van der Waals surface area contributed by atoms with Crippen LogP contribution in [-0.2, 0) is 11.2 Å². The molecule has 2 aromatic carbocycles. The topological polar surface area (TPSA) is 32.3 Å². The van der Waals surface area contributed by atoms with E-state index < -0.39 is 0 Å². The van der Waals surface area contributed by atoms with E-state index >= 15 is 0 Å². The van der Waals surface area contributed by atoms with Gasteiger partial charge in [0.1, 0.15) is 5.82 Å². The molecule has 1 aliphatic heterocycles. The highest BCUT2D eigenvalue weighted by Gasteiger charge is 2.28. The van der Waals surface area contributed by atoms with Crippen molar-refractivity contribution in [2.24, 2.45) is 0 Å². The number of carbonyl (C=O) groups excluding carboxylic acids is 1. The number of hydrogen-bond donors (Lipinski definition) is 1. The maximum absolute atomic E-state index is 13.6. The smallest absolute Gasteiger partial charge is 0.227 e. The van der Waals surface area contributed by atoms with Crippen molar-refractivity contribution < 1.29 is 9.18 Å². The Bertz CT molecular complexity index is 744. The number of carbonyl (C=O) groups is 1. The van der Waals surface area contributed by atoms with E-state index in [2.05, 4.69) is 23.5 Å². The highest BCUT2D eigenvalue weighted by Crippen LogP contribution is 2.24. The van der Waals surface area contributed by atoms with Crippen LogP contribution in [0.5, 0.6) is 0 Å². The number of aryl methyl sites for hydroxylation is 2. The fraction of sp³-hybridized carbons (Fsp3) is 0.350. The molecule has 1 N–H and O–H groups in total. The molecule has 1 saturated heterocycles. The van der Waals surface area contributed by atoms with Crippen LogP contribution in [0.25, 0.3) is 0 Å². The Kier molecular flexibility index (Phi) is 4.95. The van der Waals surface area contributed by atoms with Crippen LogP contribution in [0.2, 0.25) is 0 Å². The van der Waals surface area contributed by atoms with E-state index in [1.165, 1.54) is 12.1 Å². The van der Waals surface area contributed by atoms with Crippen LogP contribution in [-0.4, -0.2) is 30.4 Å². The van der Waals surface area contributed by atoms with Crippen LogP contribution < -0.4 is 5.32 Å². The fourth-order valence-electron chi connectivity index (χ4n) is 3.27. The minimum Gasteiger partial charge on any atom is -0.333 e. The molecule has 1 unspecified atom stereocenters. The number of rotatable bonds is 3. The van der Waals surface area contributed by atoms with Crippen molar-refractivity contribution >= 4 is 5.91 Å². The number of nitrogens with one attached hydrogen (secondary N) is 1. The van der Waals surface area contributed by atoms with Gasteiger partial charge in [-0.1, -0.05) is 35.9 Å². The lowest BCUT2D eigenvalue weighted by molar-refractivity contribution is -0.133. The van der Waals surface area contributed by atoms with Crippen molar-refractivity contribution in [2.45, 2.75) is 26.3 Å². The molecule has 0 saturated carbocycles. The molecule has 126 valence electrons. The summed E-state index contributed by atoms with van der Waals surface area (Å²) in [6, 6.07) is 12.6. The zero-order valence-corrected chi connectivity index (χ0v) is 14.2. The zero-order chi connectivity index (χ0) is 17.1. The lowest BCUT2D eigenvalue weighted by Gasteiger charge is -2.37. The van der Waals surface area contributed by atoms with Gasteiger partial charge in [0.25, 0.3) is 0 Å². The van der Waals surface area contributed by atoms with Gasteiger partial charge in [-0.3, -0.25) is 4.79 Å². The molecule has 0 radical (unpaired) electrons. The molecule has 4 heteroatoms. The van der Waals surface area contributed by atoms with E-state index in [4.69, 9.17) is 0 Å². The number of halogens is 1. The normalized spacial score (nSPS) is 17.8. The molecule has 1 aliphatic rings. The van der Waals surface area contributed by atoms with Crippen molar-refractivity contribution in [3.63, 3.8) is 0 Å². The summed E-state index contributed by atoms with van der Waals surface area (Å²) >= 11 is 0. The second-order valence-electron chi connectivity index (χ2n) is 6.47. The molecule has 0 bridgehead atoms. The van der Waals surface area contributed by atoms with Gasteiger partial charge in [-0.05, 0) is 42.7 Å². The van der Waals surface area contributed by atoms with E-state index in [1.807, 2.05) is 24.8 Å². The third-order valence-electron chi connectivity index (χ3n) is 4.64. The summed E-state index contributed by atoms with van der Waals surface area (Å²) < 4.78 is 13.6. The van der Waals surface area contributed by atoms with E-state index in [1.54, 1.807) is 6.07 Å². The molecule has 0 aliphatic carbocycles. The summed E-state index contributed by atoms with van der Waals surface area (Å²) in [5, 5.41) is 3.31. The maximum Gasteiger partial charge on any atom is 0.227 e. The summed E-state index contributed by atoms with van der Waals surface area (Å²) in [7, 11) is 0. The number of nitrogens with zero attached hydrogens (tertiary/aromatic N) is 1. The second-order valence-corrected chi connectivity index (χ2v) is 6.47. The molecular formula is C20H23FN2O. The monoisotopic (exact) mass is 326 g/mol. The molecule has 0 aromatic heterocycles. The number of amides is 1. The van der Waals surface area contributed by atoms with Gasteiger partial charge in [0.2, 0.25) is 5.91 Å². The first kappa shape index (κ1) is 16.7. The Balaban J connectivity index is 1.82. The zero-order valence-electron chi connectivity index (χ0n) is 14.2. The molecule has 2 aromatic rings. The Morgan fingerprint density at radius 3 is 2.88 bits per heavy atom. The summed E-state index contributed by atoms with van der Waals surface area (Å²) in [5.74, 6) is -0.167. The van der Waals surface area contributed by atoms with Crippen LogP contribution in [0.15, 0.2) is 42.5 Å². The van der Waals surface area contributed by atoms with Crippen molar-refractivity contribution in [1.82, 2.24) is 10.2 Å². The van der Waals surface area contributed by atoms with Crippen LogP contribution in [0, 0.1) is 19.7 Å². The lowest BCUT2D eigenvalue weighted by Crippen LogP contribution is -2.49. The van der Waals surface area contributed by atoms with E-state index in [9.17, 15) is 9.18 Å². The standard InChI is InChI=1S/C20H23FN2O/c1-14-6-7-15(2)17(10-14)12-20(24)23-9-8-22-13-19(23)16-4-3-5-18(21)11-16/h3-7,10-11,19,22H,8-9,12-13H2,1-2H3. The first-order valence-corrected chi connectivity index (χ1v) is 8.36. The van der Waals surface area contributed by atoms with Crippen LogP contribution in [0.1, 0.15) is 28.3 Å². The van der Waals surface area contributed by atoms with Crippen molar-refractivity contribution in [3.05, 3.63) is 70.5 Å². The maximum atomic E-state index is 13.6. The highest BCUT2D eigenvalue weighted by molar-refractivity contribution is 5.80. The lowest BCUT2D eigenvalue weighted by atomic mass is 9.99. The Morgan fingerprint density at radius 2 is 2.08 bits per heavy atom. The average molecular weight is 326 g/mol. The quantitative estimate of drug-likeness (QED) is 0.940. The number of benzene rings is 2. The van der Waals surface area contributed by atoms with Gasteiger partial charge < -0.3 is 10.2 Å². The van der Waals surface area contributed by atoms with Crippen LogP contribution >= 0.6 is 0 Å². The number of hydrogen-bond acceptors (Lipinski definition) is 2. The largest absolute Gasteiger partial charge is 0.333 e. The molecule has 1 amide bonds. The van der Waals surface area contributed by atoms with Gasteiger partial charge in [0.15, 0.2) is 0 Å². The predicted molar refractivity (Wildman–Crippen MR) is 93.3 cm³/mol. The SMILES string of the molecule is Cc1ccc(C)c(CC(=O)N2CCNCC2c2cccc(F)c2)c1. The summed E-state index contributed by atoms with van der Waals surface area (Å²) in [6.07, 6.45) is 0.388. The van der Waals surface area contributed by atoms with Crippen molar-refractivity contribution in [3.8, 4) is 0 Å². The first-order chi connectivity index (χ1) is 11.5. The van der Waals surface area contributed by atoms with Crippen LogP contribution in [0.4, 0.5) is 4.39 Å². The Morgan fingerprint density at radius 1 is 1.25 bits per heavy atom. The summed E-state index contributed by atoms with van der Waals surface area (Å²) in [6.45, 7) is 6.13. The van der Waals surface area contributed by atoms with Crippen molar-refractivity contribution in [2.75, 3.05) is 19.6 Å². The second kappa shape index (κ2) is 7.14. The highest BCUT2D eigenvalue weighted by atomic mass is 19.1. The van der Waals surface area contributed by atoms with Gasteiger partial charge in [0, 0.05) is 19.6 Å². The molecule has 24 heavy (non-hydrogen) atoms. The third kappa shape index (κ3) is 3.65. The van der Waals surface area contributed by atoms with Gasteiger partial charge in [-0.2, -0.15) is 0 Å². The molecule has 1 fully saturated rings. The average Bonchev–Trinajstić information content (AvgIpc) is 2.58. The molecule has 1 heterocycles. The van der Waals surface area contributed by atoms with Gasteiger partial charge in [0.05, 0.1) is 12.5 Å². The summed E-state index contributed by atoms with van der Waals surface area (Å²) in [4.78, 5) is 14.8. The predicted octanol–water partition coefficient (Wildman–Crippen LogP) is 3.16. The van der Waals surface area contributed by atoms with E-state index in [-0.39, 0.29) is 17.8 Å². The molecule has 3 rings (SSSR count). The molecule has 3 nitrogen and oxygen atoms in total. The minimum absolute atomic E-state index is 0.0967. The number of piperazine rings is 1. The van der Waals surface area contributed by atoms with E-state index in [0.717, 1.165) is 28.8 Å². The molecule has 1 atom stereocenters. The van der Waals surface area contributed by atoms with Gasteiger partial charge in [-0.15, -0.1) is 0 Å². The summed E-state index contributed by atoms with van der Waals surface area (Å²) in [5.41, 5.74) is 4.20. The van der Waals surface area contributed by atoms with Crippen LogP contribution in [0.3, 0.4) is 0 Å². The van der Waals surface area contributed by atoms with Crippen molar-refractivity contribution in [1.29, 1.82) is 0 Å². The minimum atomic E-state index is -0.264. The third-order valence-corrected chi connectivity index (χ3v) is 4.64.